The van der Waals surface area contributed by atoms with Crippen LogP contribution in [0.25, 0.3) is 0 Å². The zero-order chi connectivity index (χ0) is 14.9. The topological polar surface area (TPSA) is 41.1 Å². The Balaban J connectivity index is 1.86. The molecule has 21 heavy (non-hydrogen) atoms. The van der Waals surface area contributed by atoms with E-state index >= 15 is 0 Å². The highest BCUT2D eigenvalue weighted by Crippen LogP contribution is 2.24. The highest BCUT2D eigenvalue weighted by Gasteiger charge is 2.17. The summed E-state index contributed by atoms with van der Waals surface area (Å²) in [6.07, 6.45) is 11.7. The van der Waals surface area contributed by atoms with Crippen LogP contribution < -0.4 is 10.2 Å². The molecule has 0 amide bonds. The number of anilines is 1. The van der Waals surface area contributed by atoms with Crippen LogP contribution in [0.5, 0.6) is 0 Å². The van der Waals surface area contributed by atoms with E-state index in [-0.39, 0.29) is 0 Å². The fraction of sp³-hybridized carbons (Fsp3) is 0.765. The molecule has 1 fully saturated rings. The van der Waals surface area contributed by atoms with Crippen molar-refractivity contribution in [3.63, 3.8) is 0 Å². The fourth-order valence-corrected chi connectivity index (χ4v) is 3.09. The first-order valence-corrected chi connectivity index (χ1v) is 8.60. The summed E-state index contributed by atoms with van der Waals surface area (Å²) in [4.78, 5) is 11.6. The van der Waals surface area contributed by atoms with E-state index in [0.717, 1.165) is 50.0 Å². The smallest absolute Gasteiger partial charge is 0.147 e. The summed E-state index contributed by atoms with van der Waals surface area (Å²) < 4.78 is 0. The van der Waals surface area contributed by atoms with Crippen molar-refractivity contribution in [2.45, 2.75) is 58.9 Å². The lowest BCUT2D eigenvalue weighted by atomic mass is 9.96. The van der Waals surface area contributed by atoms with E-state index in [9.17, 15) is 0 Å². The van der Waals surface area contributed by atoms with Crippen molar-refractivity contribution in [1.82, 2.24) is 15.3 Å². The van der Waals surface area contributed by atoms with Gasteiger partial charge in [-0.1, -0.05) is 26.7 Å². The summed E-state index contributed by atoms with van der Waals surface area (Å²) in [6.45, 7) is 8.58. The number of aromatic nitrogens is 2. The first-order chi connectivity index (χ1) is 10.3. The van der Waals surface area contributed by atoms with Crippen LogP contribution in [-0.4, -0.2) is 29.6 Å². The third-order valence-electron chi connectivity index (χ3n) is 4.29. The van der Waals surface area contributed by atoms with Gasteiger partial charge in [-0.15, -0.1) is 0 Å². The molecule has 0 aromatic carbocycles. The van der Waals surface area contributed by atoms with Crippen molar-refractivity contribution in [3.8, 4) is 0 Å². The standard InChI is InChI=1S/C17H30N4/c1-3-6-15-7-5-10-21(11-8-15)17-14-19-16(13-20-17)12-18-9-4-2/h13-15,18H,3-12H2,1-2H3. The number of hydrogen-bond donors (Lipinski definition) is 1. The molecule has 0 spiro atoms. The maximum Gasteiger partial charge on any atom is 0.147 e. The van der Waals surface area contributed by atoms with Crippen LogP contribution in [0.15, 0.2) is 12.4 Å². The molecule has 1 aliphatic heterocycles. The van der Waals surface area contributed by atoms with Gasteiger partial charge in [0, 0.05) is 19.6 Å². The van der Waals surface area contributed by atoms with E-state index < -0.39 is 0 Å². The van der Waals surface area contributed by atoms with E-state index in [0.29, 0.717) is 0 Å². The van der Waals surface area contributed by atoms with Gasteiger partial charge in [-0.25, -0.2) is 4.98 Å². The van der Waals surface area contributed by atoms with Crippen molar-refractivity contribution < 1.29 is 0 Å². The Morgan fingerprint density at radius 2 is 2.05 bits per heavy atom. The molecular weight excluding hydrogens is 260 g/mol. The molecule has 1 aromatic rings. The van der Waals surface area contributed by atoms with Crippen LogP contribution in [0.4, 0.5) is 5.82 Å². The van der Waals surface area contributed by atoms with Gasteiger partial charge in [0.1, 0.15) is 5.82 Å². The lowest BCUT2D eigenvalue weighted by Gasteiger charge is -2.21. The average molecular weight is 290 g/mol. The van der Waals surface area contributed by atoms with Crippen molar-refractivity contribution in [2.24, 2.45) is 5.92 Å². The Morgan fingerprint density at radius 1 is 1.14 bits per heavy atom. The molecule has 2 heterocycles. The molecule has 0 bridgehead atoms. The fourth-order valence-electron chi connectivity index (χ4n) is 3.09. The van der Waals surface area contributed by atoms with Gasteiger partial charge >= 0.3 is 0 Å². The molecule has 1 N–H and O–H groups in total. The molecule has 0 radical (unpaired) electrons. The molecule has 2 rings (SSSR count). The Bertz CT molecular complexity index is 390. The van der Waals surface area contributed by atoms with Gasteiger partial charge in [0.05, 0.1) is 18.1 Å². The monoisotopic (exact) mass is 290 g/mol. The molecule has 1 atom stereocenters. The normalized spacial score (nSPS) is 19.5. The molecule has 0 saturated carbocycles. The van der Waals surface area contributed by atoms with E-state index in [1.807, 2.05) is 12.4 Å². The van der Waals surface area contributed by atoms with E-state index in [2.05, 4.69) is 34.0 Å². The van der Waals surface area contributed by atoms with Crippen molar-refractivity contribution in [1.29, 1.82) is 0 Å². The van der Waals surface area contributed by atoms with Crippen LogP contribution in [0.3, 0.4) is 0 Å². The molecule has 1 unspecified atom stereocenters. The summed E-state index contributed by atoms with van der Waals surface area (Å²) in [5.41, 5.74) is 1.03. The summed E-state index contributed by atoms with van der Waals surface area (Å²) in [5, 5.41) is 3.36. The number of hydrogen-bond acceptors (Lipinski definition) is 4. The molecule has 4 heteroatoms. The van der Waals surface area contributed by atoms with Gasteiger partial charge in [-0.05, 0) is 38.1 Å². The summed E-state index contributed by atoms with van der Waals surface area (Å²) in [6, 6.07) is 0. The molecule has 1 aromatic heterocycles. The van der Waals surface area contributed by atoms with Gasteiger partial charge in [-0.3, -0.25) is 4.98 Å². The minimum Gasteiger partial charge on any atom is -0.355 e. The van der Waals surface area contributed by atoms with Crippen LogP contribution in [0, 0.1) is 5.92 Å². The highest BCUT2D eigenvalue weighted by atomic mass is 15.2. The summed E-state index contributed by atoms with van der Waals surface area (Å²) in [7, 11) is 0. The first kappa shape index (κ1) is 16.2. The SMILES string of the molecule is CCCNCc1cnc(N2CCCC(CCC)CC2)cn1. The van der Waals surface area contributed by atoms with Crippen LogP contribution in [-0.2, 0) is 6.54 Å². The number of rotatable bonds is 7. The second-order valence-corrected chi connectivity index (χ2v) is 6.12. The lowest BCUT2D eigenvalue weighted by Crippen LogP contribution is -2.25. The lowest BCUT2D eigenvalue weighted by molar-refractivity contribution is 0.435. The van der Waals surface area contributed by atoms with Gasteiger partial charge < -0.3 is 10.2 Å². The second kappa shape index (κ2) is 8.98. The van der Waals surface area contributed by atoms with Crippen molar-refractivity contribution in [2.75, 3.05) is 24.5 Å². The van der Waals surface area contributed by atoms with Gasteiger partial charge in [0.2, 0.25) is 0 Å². The van der Waals surface area contributed by atoms with Gasteiger partial charge in [0.25, 0.3) is 0 Å². The van der Waals surface area contributed by atoms with E-state index in [4.69, 9.17) is 0 Å². The maximum absolute atomic E-state index is 4.62. The van der Waals surface area contributed by atoms with Crippen LogP contribution in [0.1, 0.15) is 58.1 Å². The Morgan fingerprint density at radius 3 is 2.76 bits per heavy atom. The Labute approximate surface area is 129 Å². The second-order valence-electron chi connectivity index (χ2n) is 6.12. The predicted octanol–water partition coefficient (Wildman–Crippen LogP) is 3.38. The summed E-state index contributed by atoms with van der Waals surface area (Å²) in [5.74, 6) is 1.96. The Hall–Kier alpha value is -1.16. The highest BCUT2D eigenvalue weighted by molar-refractivity contribution is 5.35. The number of nitrogens with zero attached hydrogens (tertiary/aromatic N) is 3. The Kier molecular flexibility index (Phi) is 6.93. The quantitative estimate of drug-likeness (QED) is 0.782. The molecule has 1 aliphatic rings. The van der Waals surface area contributed by atoms with Gasteiger partial charge in [-0.2, -0.15) is 0 Å². The summed E-state index contributed by atoms with van der Waals surface area (Å²) >= 11 is 0. The maximum atomic E-state index is 4.62. The van der Waals surface area contributed by atoms with E-state index in [1.54, 1.807) is 0 Å². The van der Waals surface area contributed by atoms with Crippen molar-refractivity contribution in [3.05, 3.63) is 18.1 Å². The molecule has 4 nitrogen and oxygen atoms in total. The van der Waals surface area contributed by atoms with Crippen molar-refractivity contribution >= 4 is 5.82 Å². The minimum atomic E-state index is 0.819. The minimum absolute atomic E-state index is 0.819. The third-order valence-corrected chi connectivity index (χ3v) is 4.29. The van der Waals surface area contributed by atoms with Crippen LogP contribution in [0.2, 0.25) is 0 Å². The number of nitrogens with one attached hydrogen (secondary N) is 1. The largest absolute Gasteiger partial charge is 0.355 e. The van der Waals surface area contributed by atoms with Crippen LogP contribution >= 0.6 is 0 Å². The zero-order valence-corrected chi connectivity index (χ0v) is 13.6. The average Bonchev–Trinajstić information content (AvgIpc) is 2.74. The third kappa shape index (κ3) is 5.27. The van der Waals surface area contributed by atoms with Gasteiger partial charge in [0.15, 0.2) is 0 Å². The predicted molar refractivity (Wildman–Crippen MR) is 88.5 cm³/mol. The zero-order valence-electron chi connectivity index (χ0n) is 13.6. The molecule has 1 saturated heterocycles. The molecular formula is C17H30N4. The first-order valence-electron chi connectivity index (χ1n) is 8.60. The molecule has 0 aliphatic carbocycles. The van der Waals surface area contributed by atoms with E-state index in [1.165, 1.54) is 32.1 Å². The molecule has 118 valence electrons.